The normalized spacial score (nSPS) is 14.9. The molecular weight excluding hydrogens is 330 g/mol. The van der Waals surface area contributed by atoms with Crippen LogP contribution in [0, 0.1) is 11.3 Å². The minimum absolute atomic E-state index is 0.0204. The van der Waals surface area contributed by atoms with Gasteiger partial charge in [-0.05, 0) is 27.2 Å². The van der Waals surface area contributed by atoms with Crippen molar-refractivity contribution in [1.29, 1.82) is 5.26 Å². The summed E-state index contributed by atoms with van der Waals surface area (Å²) < 4.78 is 5.21. The Morgan fingerprint density at radius 1 is 1.50 bits per heavy atom. The number of carbonyl (C=O) groups is 3. The molecule has 7 nitrogen and oxygen atoms in total. The highest BCUT2D eigenvalue weighted by Crippen LogP contribution is 2.33. The summed E-state index contributed by atoms with van der Waals surface area (Å²) >= 11 is 1.18. The molecule has 0 spiro atoms. The fourth-order valence-corrected chi connectivity index (χ4v) is 3.50. The zero-order valence-electron chi connectivity index (χ0n) is 13.8. The highest BCUT2D eigenvalue weighted by molar-refractivity contribution is 7.12. The number of hydrogen-bond donors (Lipinski definition) is 1. The van der Waals surface area contributed by atoms with Crippen molar-refractivity contribution in [3.8, 4) is 6.07 Å². The number of thiophene rings is 1. The SMILES string of the molecule is CC(C)(C)OC(=O)CCC(C(N)=O)N1Cc2c(C#N)csc2C1=O. The van der Waals surface area contributed by atoms with E-state index in [1.54, 1.807) is 26.2 Å². The molecule has 0 saturated carbocycles. The van der Waals surface area contributed by atoms with Crippen molar-refractivity contribution in [2.45, 2.75) is 51.8 Å². The van der Waals surface area contributed by atoms with Gasteiger partial charge in [-0.2, -0.15) is 5.26 Å². The Kier molecular flexibility index (Phi) is 4.94. The lowest BCUT2D eigenvalue weighted by Gasteiger charge is -2.26. The largest absolute Gasteiger partial charge is 0.460 e. The molecule has 2 rings (SSSR count). The number of rotatable bonds is 5. The Morgan fingerprint density at radius 2 is 2.17 bits per heavy atom. The van der Waals surface area contributed by atoms with Gasteiger partial charge in [-0.15, -0.1) is 11.3 Å². The number of primary amides is 1. The molecule has 0 aliphatic carbocycles. The monoisotopic (exact) mass is 349 g/mol. The van der Waals surface area contributed by atoms with Crippen molar-refractivity contribution >= 4 is 29.1 Å². The Morgan fingerprint density at radius 3 is 2.71 bits per heavy atom. The van der Waals surface area contributed by atoms with Crippen molar-refractivity contribution < 1.29 is 19.1 Å². The van der Waals surface area contributed by atoms with E-state index in [1.165, 1.54) is 16.2 Å². The maximum absolute atomic E-state index is 12.4. The van der Waals surface area contributed by atoms with E-state index in [-0.39, 0.29) is 25.3 Å². The van der Waals surface area contributed by atoms with Crippen LogP contribution in [-0.2, 0) is 20.9 Å². The number of fused-ring (bicyclic) bond motifs is 1. The average molecular weight is 349 g/mol. The van der Waals surface area contributed by atoms with Crippen LogP contribution in [0.15, 0.2) is 5.38 Å². The lowest BCUT2D eigenvalue weighted by molar-refractivity contribution is -0.155. The Bertz CT molecular complexity index is 727. The summed E-state index contributed by atoms with van der Waals surface area (Å²) in [4.78, 5) is 37.8. The molecule has 1 atom stereocenters. The van der Waals surface area contributed by atoms with Crippen LogP contribution >= 0.6 is 11.3 Å². The van der Waals surface area contributed by atoms with Gasteiger partial charge < -0.3 is 15.4 Å². The molecule has 0 radical (unpaired) electrons. The second kappa shape index (κ2) is 6.61. The van der Waals surface area contributed by atoms with E-state index in [0.717, 1.165) is 0 Å². The average Bonchev–Trinajstić information content (AvgIpc) is 2.98. The molecule has 1 aliphatic rings. The molecule has 0 bridgehead atoms. The van der Waals surface area contributed by atoms with Gasteiger partial charge in [0.05, 0.1) is 10.4 Å². The standard InChI is InChI=1S/C16H19N3O4S/c1-16(2,3)23-12(20)5-4-11(14(18)21)19-7-10-9(6-17)8-24-13(10)15(19)22/h8,11H,4-5,7H2,1-3H3,(H2,18,21). The Hall–Kier alpha value is -2.40. The van der Waals surface area contributed by atoms with Gasteiger partial charge in [0.25, 0.3) is 5.91 Å². The van der Waals surface area contributed by atoms with Crippen molar-refractivity contribution in [2.24, 2.45) is 5.73 Å². The van der Waals surface area contributed by atoms with Crippen LogP contribution in [-0.4, -0.2) is 34.3 Å². The molecule has 1 aromatic heterocycles. The third kappa shape index (κ3) is 3.74. The molecule has 0 saturated heterocycles. The number of nitriles is 1. The summed E-state index contributed by atoms with van der Waals surface area (Å²) in [6.45, 7) is 5.41. The van der Waals surface area contributed by atoms with Crippen LogP contribution in [0.5, 0.6) is 0 Å². The molecule has 0 aromatic carbocycles. The summed E-state index contributed by atoms with van der Waals surface area (Å²) in [5, 5.41) is 10.7. The molecule has 2 amide bonds. The number of amides is 2. The summed E-state index contributed by atoms with van der Waals surface area (Å²) in [5.74, 6) is -1.46. The van der Waals surface area contributed by atoms with E-state index >= 15 is 0 Å². The highest BCUT2D eigenvalue weighted by atomic mass is 32.1. The van der Waals surface area contributed by atoms with Gasteiger partial charge in [0.15, 0.2) is 0 Å². The van der Waals surface area contributed by atoms with Crippen LogP contribution in [0.2, 0.25) is 0 Å². The van der Waals surface area contributed by atoms with Crippen molar-refractivity contribution in [1.82, 2.24) is 4.90 Å². The van der Waals surface area contributed by atoms with Crippen LogP contribution in [0.25, 0.3) is 0 Å². The predicted molar refractivity (Wildman–Crippen MR) is 87.0 cm³/mol. The van der Waals surface area contributed by atoms with Gasteiger partial charge in [0.2, 0.25) is 5.91 Å². The van der Waals surface area contributed by atoms with E-state index < -0.39 is 23.5 Å². The minimum atomic E-state index is -0.906. The smallest absolute Gasteiger partial charge is 0.306 e. The summed E-state index contributed by atoms with van der Waals surface area (Å²) in [6.07, 6.45) is 0.0697. The van der Waals surface area contributed by atoms with Gasteiger partial charge in [-0.1, -0.05) is 0 Å². The molecule has 2 heterocycles. The second-order valence-corrected chi connectivity index (χ2v) is 7.42. The van der Waals surface area contributed by atoms with Crippen LogP contribution in [0.4, 0.5) is 0 Å². The van der Waals surface area contributed by atoms with E-state index in [9.17, 15) is 14.4 Å². The first-order chi connectivity index (χ1) is 11.1. The van der Waals surface area contributed by atoms with Crippen molar-refractivity contribution in [3.63, 3.8) is 0 Å². The van der Waals surface area contributed by atoms with Crippen molar-refractivity contribution in [3.05, 3.63) is 21.4 Å². The first kappa shape index (κ1) is 17.9. The van der Waals surface area contributed by atoms with Gasteiger partial charge in [0, 0.05) is 23.9 Å². The number of hydrogen-bond acceptors (Lipinski definition) is 6. The fraction of sp³-hybridized carbons (Fsp3) is 0.500. The third-order valence-electron chi connectivity index (χ3n) is 3.54. The molecule has 1 aliphatic heterocycles. The number of ether oxygens (including phenoxy) is 1. The predicted octanol–water partition coefficient (Wildman–Crippen LogP) is 1.55. The third-order valence-corrected chi connectivity index (χ3v) is 4.55. The molecule has 1 unspecified atom stereocenters. The quantitative estimate of drug-likeness (QED) is 0.810. The van der Waals surface area contributed by atoms with Gasteiger partial charge in [-0.25, -0.2) is 0 Å². The van der Waals surface area contributed by atoms with E-state index in [1.807, 2.05) is 6.07 Å². The number of nitrogens with zero attached hydrogens (tertiary/aromatic N) is 2. The lowest BCUT2D eigenvalue weighted by atomic mass is 10.1. The highest BCUT2D eigenvalue weighted by Gasteiger charge is 2.38. The second-order valence-electron chi connectivity index (χ2n) is 6.55. The first-order valence-corrected chi connectivity index (χ1v) is 8.34. The molecule has 0 fully saturated rings. The number of carbonyl (C=O) groups excluding carboxylic acids is 3. The topological polar surface area (TPSA) is 113 Å². The Labute approximate surface area is 144 Å². The van der Waals surface area contributed by atoms with E-state index in [2.05, 4.69) is 0 Å². The van der Waals surface area contributed by atoms with Crippen LogP contribution < -0.4 is 5.73 Å². The van der Waals surface area contributed by atoms with Gasteiger partial charge in [-0.3, -0.25) is 14.4 Å². The molecule has 8 heteroatoms. The number of nitrogens with two attached hydrogens (primary N) is 1. The summed E-state index contributed by atoms with van der Waals surface area (Å²) in [5.41, 5.74) is 5.86. The zero-order valence-corrected chi connectivity index (χ0v) is 14.6. The maximum Gasteiger partial charge on any atom is 0.306 e. The first-order valence-electron chi connectivity index (χ1n) is 7.46. The Balaban J connectivity index is 2.09. The fourth-order valence-electron chi connectivity index (χ4n) is 2.54. The van der Waals surface area contributed by atoms with Crippen LogP contribution in [0.1, 0.15) is 54.4 Å². The summed E-state index contributed by atoms with van der Waals surface area (Å²) in [7, 11) is 0. The van der Waals surface area contributed by atoms with Crippen LogP contribution in [0.3, 0.4) is 0 Å². The molecule has 2 N–H and O–H groups in total. The molecular formula is C16H19N3O4S. The van der Waals surface area contributed by atoms with Gasteiger partial charge >= 0.3 is 5.97 Å². The minimum Gasteiger partial charge on any atom is -0.460 e. The lowest BCUT2D eigenvalue weighted by Crippen LogP contribution is -2.45. The van der Waals surface area contributed by atoms with E-state index in [0.29, 0.717) is 16.0 Å². The maximum atomic E-state index is 12.4. The van der Waals surface area contributed by atoms with Gasteiger partial charge in [0.1, 0.15) is 17.7 Å². The summed E-state index contributed by atoms with van der Waals surface area (Å²) in [6, 6.07) is 1.13. The van der Waals surface area contributed by atoms with E-state index in [4.69, 9.17) is 15.7 Å². The molecule has 128 valence electrons. The molecule has 24 heavy (non-hydrogen) atoms. The number of esters is 1. The zero-order chi connectivity index (χ0) is 18.1. The molecule has 1 aromatic rings. The van der Waals surface area contributed by atoms with Crippen molar-refractivity contribution in [2.75, 3.05) is 0 Å².